The molecule has 9 heteroatoms. The maximum absolute atomic E-state index is 12.6. The summed E-state index contributed by atoms with van der Waals surface area (Å²) in [6, 6.07) is 8.48. The first-order chi connectivity index (χ1) is 13.6. The van der Waals surface area contributed by atoms with Crippen LogP contribution in [0.2, 0.25) is 0 Å². The fraction of sp³-hybridized carbons (Fsp3) is 0.368. The summed E-state index contributed by atoms with van der Waals surface area (Å²) in [5.41, 5.74) is 7.04. The first-order valence-corrected chi connectivity index (χ1v) is 9.26. The minimum atomic E-state index is -0.689. The smallest absolute Gasteiger partial charge is 0.272 e. The van der Waals surface area contributed by atoms with Crippen LogP contribution in [0, 0.1) is 0 Å². The number of benzene rings is 1. The number of carbonyl (C=O) groups excluding carboxylic acids is 2. The van der Waals surface area contributed by atoms with E-state index in [1.807, 2.05) is 30.3 Å². The molecule has 2 unspecified atom stereocenters. The number of anilines is 2. The molecule has 4 rings (SSSR count). The molecule has 2 amide bonds. The van der Waals surface area contributed by atoms with Gasteiger partial charge in [0.05, 0.1) is 30.2 Å². The van der Waals surface area contributed by atoms with Crippen LogP contribution in [0.4, 0.5) is 11.4 Å². The summed E-state index contributed by atoms with van der Waals surface area (Å²) in [5.74, 6) is -0.902. The molecule has 1 aromatic carbocycles. The number of nitrogens with two attached hydrogens (primary N) is 1. The Balaban J connectivity index is 1.44. The molecule has 0 saturated carbocycles. The van der Waals surface area contributed by atoms with Gasteiger partial charge < -0.3 is 15.8 Å². The zero-order chi connectivity index (χ0) is 19.5. The molecule has 0 aliphatic carbocycles. The second-order valence-corrected chi connectivity index (χ2v) is 6.89. The number of nitrogens with zero attached hydrogens (tertiary/aromatic N) is 4. The van der Waals surface area contributed by atoms with Crippen LogP contribution in [0.3, 0.4) is 0 Å². The molecule has 9 nitrogen and oxygen atoms in total. The van der Waals surface area contributed by atoms with Crippen molar-refractivity contribution < 1.29 is 14.3 Å². The first-order valence-electron chi connectivity index (χ1n) is 9.26. The van der Waals surface area contributed by atoms with Crippen LogP contribution in [0.5, 0.6) is 0 Å². The van der Waals surface area contributed by atoms with Gasteiger partial charge in [0.2, 0.25) is 5.91 Å². The van der Waals surface area contributed by atoms with Gasteiger partial charge in [-0.3, -0.25) is 19.3 Å². The molecule has 3 N–H and O–H groups in total. The number of carbonyl (C=O) groups is 2. The number of rotatable bonds is 6. The van der Waals surface area contributed by atoms with Gasteiger partial charge in [-0.15, -0.1) is 0 Å². The van der Waals surface area contributed by atoms with E-state index in [2.05, 4.69) is 15.5 Å². The summed E-state index contributed by atoms with van der Waals surface area (Å²) in [6.45, 7) is 1.44. The molecule has 146 valence electrons. The maximum Gasteiger partial charge on any atom is 0.272 e. The van der Waals surface area contributed by atoms with Gasteiger partial charge in [0.15, 0.2) is 0 Å². The van der Waals surface area contributed by atoms with Gasteiger partial charge in [0.1, 0.15) is 11.8 Å². The van der Waals surface area contributed by atoms with E-state index in [1.54, 1.807) is 17.1 Å². The summed E-state index contributed by atoms with van der Waals surface area (Å²) >= 11 is 0. The van der Waals surface area contributed by atoms with Crippen LogP contribution in [-0.4, -0.2) is 46.1 Å². The number of ether oxygens (including phenoxy) is 1. The van der Waals surface area contributed by atoms with Crippen LogP contribution in [0.25, 0.3) is 0 Å². The highest BCUT2D eigenvalue weighted by Gasteiger charge is 2.35. The van der Waals surface area contributed by atoms with Crippen molar-refractivity contribution in [3.63, 3.8) is 0 Å². The predicted molar refractivity (Wildman–Crippen MR) is 104 cm³/mol. The van der Waals surface area contributed by atoms with Crippen LogP contribution in [0.1, 0.15) is 19.3 Å². The predicted octanol–water partition coefficient (Wildman–Crippen LogP) is 1.12. The number of para-hydroxylation sites is 1. The SMILES string of the molecule is NC(=O)C1CC(C(=O)Nc2cnn(CC3CCCO3)c2)=NN1c1ccccc1. The third-order valence-electron chi connectivity index (χ3n) is 4.83. The lowest BCUT2D eigenvalue weighted by molar-refractivity contribution is -0.119. The van der Waals surface area contributed by atoms with Crippen molar-refractivity contribution in [3.05, 3.63) is 42.7 Å². The fourth-order valence-corrected chi connectivity index (χ4v) is 3.42. The highest BCUT2D eigenvalue weighted by Crippen LogP contribution is 2.24. The molecular weight excluding hydrogens is 360 g/mol. The Morgan fingerprint density at radius 2 is 2.11 bits per heavy atom. The number of nitrogens with one attached hydrogen (secondary N) is 1. The Morgan fingerprint density at radius 1 is 1.29 bits per heavy atom. The standard InChI is InChI=1S/C19H22N6O3/c20-18(26)17-9-16(23-25(17)14-5-2-1-3-6-14)19(27)22-13-10-21-24(11-13)12-15-7-4-8-28-15/h1-3,5-6,10-11,15,17H,4,7-9,12H2,(H2,20,26)(H,22,27). The molecule has 0 radical (unpaired) electrons. The van der Waals surface area contributed by atoms with Gasteiger partial charge in [0.25, 0.3) is 5.91 Å². The normalized spacial score (nSPS) is 21.6. The average Bonchev–Trinajstić information content (AvgIpc) is 3.43. The van der Waals surface area contributed by atoms with Crippen LogP contribution < -0.4 is 16.1 Å². The quantitative estimate of drug-likeness (QED) is 0.777. The Labute approximate surface area is 162 Å². The Kier molecular flexibility index (Phi) is 5.07. The van der Waals surface area contributed by atoms with E-state index in [0.29, 0.717) is 17.9 Å². The van der Waals surface area contributed by atoms with E-state index in [9.17, 15) is 9.59 Å². The van der Waals surface area contributed by atoms with Crippen molar-refractivity contribution in [2.24, 2.45) is 10.8 Å². The van der Waals surface area contributed by atoms with Crippen molar-refractivity contribution in [2.75, 3.05) is 16.9 Å². The van der Waals surface area contributed by atoms with Crippen molar-refractivity contribution in [1.82, 2.24) is 9.78 Å². The van der Waals surface area contributed by atoms with E-state index < -0.39 is 11.9 Å². The molecule has 2 aliphatic heterocycles. The molecule has 2 aliphatic rings. The number of aromatic nitrogens is 2. The highest BCUT2D eigenvalue weighted by molar-refractivity contribution is 6.44. The highest BCUT2D eigenvalue weighted by atomic mass is 16.5. The number of primary amides is 1. The summed E-state index contributed by atoms with van der Waals surface area (Å²) in [6.07, 6.45) is 5.74. The van der Waals surface area contributed by atoms with Gasteiger partial charge in [0, 0.05) is 19.2 Å². The summed E-state index contributed by atoms with van der Waals surface area (Å²) < 4.78 is 7.35. The van der Waals surface area contributed by atoms with Gasteiger partial charge in [-0.25, -0.2) is 0 Å². The van der Waals surface area contributed by atoms with E-state index in [4.69, 9.17) is 10.5 Å². The molecule has 3 heterocycles. The number of hydrogen-bond donors (Lipinski definition) is 2. The molecule has 2 aromatic rings. The van der Waals surface area contributed by atoms with E-state index in [0.717, 1.165) is 19.4 Å². The van der Waals surface area contributed by atoms with Crippen LogP contribution in [0.15, 0.2) is 47.8 Å². The first kappa shape index (κ1) is 18.2. The fourth-order valence-electron chi connectivity index (χ4n) is 3.42. The van der Waals surface area contributed by atoms with Gasteiger partial charge in [-0.2, -0.15) is 10.2 Å². The number of hydrazone groups is 1. The zero-order valence-electron chi connectivity index (χ0n) is 15.3. The maximum atomic E-state index is 12.6. The summed E-state index contributed by atoms with van der Waals surface area (Å²) in [7, 11) is 0. The number of hydrogen-bond acceptors (Lipinski definition) is 6. The largest absolute Gasteiger partial charge is 0.376 e. The third-order valence-corrected chi connectivity index (χ3v) is 4.83. The van der Waals surface area contributed by atoms with E-state index in [-0.39, 0.29) is 24.1 Å². The van der Waals surface area contributed by atoms with Crippen molar-refractivity contribution in [3.8, 4) is 0 Å². The molecule has 0 spiro atoms. The second kappa shape index (κ2) is 7.81. The minimum Gasteiger partial charge on any atom is -0.376 e. The molecule has 1 saturated heterocycles. The van der Waals surface area contributed by atoms with Crippen LogP contribution >= 0.6 is 0 Å². The topological polar surface area (TPSA) is 115 Å². The monoisotopic (exact) mass is 382 g/mol. The van der Waals surface area contributed by atoms with E-state index in [1.165, 1.54) is 5.01 Å². The third kappa shape index (κ3) is 3.89. The number of amides is 2. The second-order valence-electron chi connectivity index (χ2n) is 6.89. The molecule has 1 aromatic heterocycles. The van der Waals surface area contributed by atoms with Crippen molar-refractivity contribution >= 4 is 28.9 Å². The molecule has 2 atom stereocenters. The molecule has 28 heavy (non-hydrogen) atoms. The Bertz CT molecular complexity index is 888. The van der Waals surface area contributed by atoms with Gasteiger partial charge in [-0.05, 0) is 25.0 Å². The van der Waals surface area contributed by atoms with Crippen molar-refractivity contribution in [2.45, 2.75) is 38.0 Å². The molecule has 1 fully saturated rings. The lowest BCUT2D eigenvalue weighted by Crippen LogP contribution is -2.39. The van der Waals surface area contributed by atoms with Crippen LogP contribution in [-0.2, 0) is 20.9 Å². The minimum absolute atomic E-state index is 0.153. The Hall–Kier alpha value is -3.20. The van der Waals surface area contributed by atoms with E-state index >= 15 is 0 Å². The zero-order valence-corrected chi connectivity index (χ0v) is 15.3. The molecule has 0 bridgehead atoms. The average molecular weight is 382 g/mol. The lowest BCUT2D eigenvalue weighted by atomic mass is 10.1. The summed E-state index contributed by atoms with van der Waals surface area (Å²) in [4.78, 5) is 24.5. The van der Waals surface area contributed by atoms with Gasteiger partial charge in [-0.1, -0.05) is 18.2 Å². The Morgan fingerprint density at radius 3 is 2.82 bits per heavy atom. The van der Waals surface area contributed by atoms with Crippen molar-refractivity contribution in [1.29, 1.82) is 0 Å². The van der Waals surface area contributed by atoms with Gasteiger partial charge >= 0.3 is 0 Å². The lowest BCUT2D eigenvalue weighted by Gasteiger charge is -2.20. The molecular formula is C19H22N6O3. The summed E-state index contributed by atoms with van der Waals surface area (Å²) in [5, 5.41) is 12.9.